The first kappa shape index (κ1) is 15.9. The number of carbonyl (C=O) groups excluding carboxylic acids is 1. The highest BCUT2D eigenvalue weighted by molar-refractivity contribution is 6.18. The van der Waals surface area contributed by atoms with E-state index in [-0.39, 0.29) is 5.78 Å². The Kier molecular flexibility index (Phi) is 6.09. The number of nitrogens with zero attached hydrogens (tertiary/aromatic N) is 1. The second kappa shape index (κ2) is 8.06. The van der Waals surface area contributed by atoms with Crippen LogP contribution in [0.25, 0.3) is 10.8 Å². The van der Waals surface area contributed by atoms with Crippen molar-refractivity contribution >= 4 is 39.8 Å². The standard InChI is InChI=1S/C17H17Cl2NO/c18-8-11-20(12-9-19)10-7-17(21)16-6-5-14-3-1-2-4-15(14)13-16/h1-7,10,13H,8-9,11-12H2/b10-7+. The third-order valence-electron chi connectivity index (χ3n) is 3.21. The molecule has 0 unspecified atom stereocenters. The topological polar surface area (TPSA) is 20.3 Å². The van der Waals surface area contributed by atoms with Crippen molar-refractivity contribution < 1.29 is 4.79 Å². The Bertz CT molecular complexity index is 633. The largest absolute Gasteiger partial charge is 0.375 e. The normalized spacial score (nSPS) is 11.1. The fourth-order valence-electron chi connectivity index (χ4n) is 2.09. The zero-order valence-electron chi connectivity index (χ0n) is 11.6. The minimum atomic E-state index is -0.0186. The van der Waals surface area contributed by atoms with Gasteiger partial charge < -0.3 is 4.90 Å². The molecule has 0 saturated carbocycles. The van der Waals surface area contributed by atoms with E-state index in [0.717, 1.165) is 10.8 Å². The molecule has 2 rings (SSSR count). The fourth-order valence-corrected chi connectivity index (χ4v) is 2.52. The van der Waals surface area contributed by atoms with Gasteiger partial charge in [0, 0.05) is 42.7 Å². The average molecular weight is 322 g/mol. The highest BCUT2D eigenvalue weighted by Gasteiger charge is 2.04. The van der Waals surface area contributed by atoms with Crippen molar-refractivity contribution in [1.29, 1.82) is 0 Å². The molecule has 0 bridgehead atoms. The maximum Gasteiger partial charge on any atom is 0.187 e. The van der Waals surface area contributed by atoms with Crippen LogP contribution in [0.5, 0.6) is 0 Å². The summed E-state index contributed by atoms with van der Waals surface area (Å²) in [6, 6.07) is 13.7. The first-order chi connectivity index (χ1) is 10.2. The maximum atomic E-state index is 12.2. The zero-order valence-corrected chi connectivity index (χ0v) is 13.1. The molecule has 0 N–H and O–H groups in total. The minimum Gasteiger partial charge on any atom is -0.375 e. The number of allylic oxidation sites excluding steroid dienone is 1. The molecule has 0 aliphatic heterocycles. The van der Waals surface area contributed by atoms with E-state index in [9.17, 15) is 4.79 Å². The minimum absolute atomic E-state index is 0.0186. The van der Waals surface area contributed by atoms with Crippen LogP contribution >= 0.6 is 23.2 Å². The van der Waals surface area contributed by atoms with Crippen molar-refractivity contribution in [2.45, 2.75) is 0 Å². The van der Waals surface area contributed by atoms with Gasteiger partial charge in [0.1, 0.15) is 0 Å². The monoisotopic (exact) mass is 321 g/mol. The molecule has 2 aromatic rings. The van der Waals surface area contributed by atoms with Crippen LogP contribution < -0.4 is 0 Å². The lowest BCUT2D eigenvalue weighted by Crippen LogP contribution is -2.22. The van der Waals surface area contributed by atoms with E-state index in [1.807, 2.05) is 47.4 Å². The molecule has 0 amide bonds. The first-order valence-electron chi connectivity index (χ1n) is 6.82. The van der Waals surface area contributed by atoms with Gasteiger partial charge in [0.25, 0.3) is 0 Å². The fraction of sp³-hybridized carbons (Fsp3) is 0.235. The predicted molar refractivity (Wildman–Crippen MR) is 90.4 cm³/mol. The highest BCUT2D eigenvalue weighted by Crippen LogP contribution is 2.16. The molecular weight excluding hydrogens is 305 g/mol. The second-order valence-electron chi connectivity index (χ2n) is 4.66. The van der Waals surface area contributed by atoms with Crippen LogP contribution in [0.1, 0.15) is 10.4 Å². The van der Waals surface area contributed by atoms with Gasteiger partial charge in [-0.05, 0) is 16.8 Å². The Morgan fingerprint density at radius 1 is 1.00 bits per heavy atom. The van der Waals surface area contributed by atoms with Gasteiger partial charge in [0.05, 0.1) is 0 Å². The Morgan fingerprint density at radius 3 is 2.33 bits per heavy atom. The second-order valence-corrected chi connectivity index (χ2v) is 5.41. The average Bonchev–Trinajstić information content (AvgIpc) is 2.52. The van der Waals surface area contributed by atoms with Crippen molar-refractivity contribution in [3.63, 3.8) is 0 Å². The van der Waals surface area contributed by atoms with Gasteiger partial charge in [-0.2, -0.15) is 0 Å². The van der Waals surface area contributed by atoms with Gasteiger partial charge in [0.15, 0.2) is 5.78 Å². The number of halogens is 2. The number of benzene rings is 2. The molecule has 2 aromatic carbocycles. The molecule has 110 valence electrons. The van der Waals surface area contributed by atoms with E-state index in [0.29, 0.717) is 30.4 Å². The molecule has 0 saturated heterocycles. The number of hydrogen-bond donors (Lipinski definition) is 0. The Labute approximate surface area is 135 Å². The van der Waals surface area contributed by atoms with Crippen molar-refractivity contribution in [2.75, 3.05) is 24.8 Å². The van der Waals surface area contributed by atoms with Crippen LogP contribution in [0.4, 0.5) is 0 Å². The summed E-state index contributed by atoms with van der Waals surface area (Å²) in [5.74, 6) is 0.992. The Balaban J connectivity index is 2.13. The van der Waals surface area contributed by atoms with E-state index in [2.05, 4.69) is 0 Å². The molecule has 2 nitrogen and oxygen atoms in total. The van der Waals surface area contributed by atoms with Gasteiger partial charge in [0.2, 0.25) is 0 Å². The van der Waals surface area contributed by atoms with Crippen molar-refractivity contribution in [3.8, 4) is 0 Å². The predicted octanol–water partition coefficient (Wildman–Crippen LogP) is 4.32. The van der Waals surface area contributed by atoms with Crippen molar-refractivity contribution in [2.24, 2.45) is 0 Å². The smallest absolute Gasteiger partial charge is 0.187 e. The molecule has 0 radical (unpaired) electrons. The summed E-state index contributed by atoms with van der Waals surface area (Å²) in [4.78, 5) is 14.2. The van der Waals surface area contributed by atoms with Gasteiger partial charge >= 0.3 is 0 Å². The molecule has 0 aliphatic carbocycles. The summed E-state index contributed by atoms with van der Waals surface area (Å²) in [5.41, 5.74) is 0.682. The molecule has 0 aliphatic rings. The summed E-state index contributed by atoms with van der Waals surface area (Å²) >= 11 is 11.5. The van der Waals surface area contributed by atoms with Gasteiger partial charge in [-0.15, -0.1) is 23.2 Å². The van der Waals surface area contributed by atoms with Crippen LogP contribution in [0.3, 0.4) is 0 Å². The zero-order chi connectivity index (χ0) is 15.1. The molecule has 4 heteroatoms. The molecular formula is C17H17Cl2NO. The number of carbonyl (C=O) groups is 1. The highest BCUT2D eigenvalue weighted by atomic mass is 35.5. The van der Waals surface area contributed by atoms with Crippen LogP contribution in [-0.2, 0) is 0 Å². The molecule has 21 heavy (non-hydrogen) atoms. The first-order valence-corrected chi connectivity index (χ1v) is 7.89. The SMILES string of the molecule is O=C(/C=C/N(CCCl)CCCl)c1ccc2ccccc2c1. The van der Waals surface area contributed by atoms with E-state index in [1.165, 1.54) is 0 Å². The van der Waals surface area contributed by atoms with Crippen LogP contribution in [0.2, 0.25) is 0 Å². The van der Waals surface area contributed by atoms with Crippen molar-refractivity contribution in [1.82, 2.24) is 4.90 Å². The number of rotatable bonds is 7. The van der Waals surface area contributed by atoms with Gasteiger partial charge in [-0.1, -0.05) is 36.4 Å². The number of alkyl halides is 2. The van der Waals surface area contributed by atoms with Gasteiger partial charge in [-0.3, -0.25) is 4.79 Å². The summed E-state index contributed by atoms with van der Waals surface area (Å²) in [5, 5.41) is 2.19. The number of ketones is 1. The van der Waals surface area contributed by atoms with Crippen molar-refractivity contribution in [3.05, 3.63) is 60.3 Å². The molecule has 0 aromatic heterocycles. The summed E-state index contributed by atoms with van der Waals surface area (Å²) in [6.45, 7) is 1.35. The van der Waals surface area contributed by atoms with E-state index < -0.39 is 0 Å². The maximum absolute atomic E-state index is 12.2. The van der Waals surface area contributed by atoms with E-state index in [1.54, 1.807) is 12.3 Å². The Hall–Kier alpha value is -1.51. The lowest BCUT2D eigenvalue weighted by Gasteiger charge is -2.16. The summed E-state index contributed by atoms with van der Waals surface area (Å²) in [7, 11) is 0. The quantitative estimate of drug-likeness (QED) is 0.430. The number of fused-ring (bicyclic) bond motifs is 1. The lowest BCUT2D eigenvalue weighted by atomic mass is 10.0. The number of hydrogen-bond acceptors (Lipinski definition) is 2. The van der Waals surface area contributed by atoms with Crippen LogP contribution in [-0.4, -0.2) is 35.5 Å². The molecule has 0 spiro atoms. The summed E-state index contributed by atoms with van der Waals surface area (Å²) in [6.07, 6.45) is 3.34. The van der Waals surface area contributed by atoms with E-state index >= 15 is 0 Å². The third-order valence-corrected chi connectivity index (χ3v) is 3.55. The lowest BCUT2D eigenvalue weighted by molar-refractivity contribution is 0.104. The molecule has 0 heterocycles. The van der Waals surface area contributed by atoms with Gasteiger partial charge in [-0.25, -0.2) is 0 Å². The van der Waals surface area contributed by atoms with Crippen LogP contribution in [0, 0.1) is 0 Å². The third kappa shape index (κ3) is 4.48. The summed E-state index contributed by atoms with van der Waals surface area (Å²) < 4.78 is 0. The van der Waals surface area contributed by atoms with Crippen LogP contribution in [0.15, 0.2) is 54.7 Å². The molecule has 0 atom stereocenters. The Morgan fingerprint density at radius 2 is 1.67 bits per heavy atom. The molecule has 0 fully saturated rings. The van der Waals surface area contributed by atoms with E-state index in [4.69, 9.17) is 23.2 Å².